The highest BCUT2D eigenvalue weighted by Crippen LogP contribution is 2.16. The van der Waals surface area contributed by atoms with Gasteiger partial charge < -0.3 is 20.3 Å². The number of nitrogens with one attached hydrogen (secondary N) is 1. The van der Waals surface area contributed by atoms with Crippen LogP contribution in [0, 0.1) is 0 Å². The largest absolute Gasteiger partial charge is 0.478 e. The first-order valence-corrected chi connectivity index (χ1v) is 13.5. The zero-order valence-corrected chi connectivity index (χ0v) is 21.0. The average molecular weight is 464 g/mol. The number of hydrogen-bond acceptors (Lipinski definition) is 4. The fraction of sp³-hybridized carbons (Fsp3) is 0.750. The number of aliphatic hydroxyl groups is 1. The van der Waals surface area contributed by atoms with E-state index >= 15 is 0 Å². The Balaban J connectivity index is 1.91. The Morgan fingerprint density at radius 2 is 1.30 bits per heavy atom. The summed E-state index contributed by atoms with van der Waals surface area (Å²) in [6.07, 6.45) is 21.6. The van der Waals surface area contributed by atoms with Crippen molar-refractivity contribution in [3.05, 3.63) is 29.8 Å². The Labute approximate surface area is 202 Å². The smallest absolute Gasteiger partial charge is 0.337 e. The van der Waals surface area contributed by atoms with Crippen molar-refractivity contribution in [2.45, 2.75) is 116 Å². The molecule has 0 saturated heterocycles. The van der Waals surface area contributed by atoms with Gasteiger partial charge in [0, 0.05) is 12.3 Å². The van der Waals surface area contributed by atoms with Gasteiger partial charge in [-0.1, -0.05) is 115 Å². The van der Waals surface area contributed by atoms with Gasteiger partial charge in [-0.15, -0.1) is 0 Å². The number of hydrogen-bond donors (Lipinski definition) is 3. The van der Waals surface area contributed by atoms with E-state index in [0.29, 0.717) is 18.9 Å². The Morgan fingerprint density at radius 1 is 0.818 bits per heavy atom. The zero-order valence-electron chi connectivity index (χ0n) is 21.0. The van der Waals surface area contributed by atoms with Crippen LogP contribution in [0.1, 0.15) is 120 Å². The topological polar surface area (TPSA) is 78.8 Å². The van der Waals surface area contributed by atoms with Crippen LogP contribution in [0.2, 0.25) is 0 Å². The first-order valence-electron chi connectivity index (χ1n) is 13.5. The van der Waals surface area contributed by atoms with Crippen molar-refractivity contribution in [3.63, 3.8) is 0 Å². The monoisotopic (exact) mass is 463 g/mol. The Kier molecular flexibility index (Phi) is 18.7. The molecular formula is C28H49NO4. The quantitative estimate of drug-likeness (QED) is 0.147. The normalized spacial score (nSPS) is 12.1. The lowest BCUT2D eigenvalue weighted by molar-refractivity contribution is 0.0697. The van der Waals surface area contributed by atoms with E-state index in [2.05, 4.69) is 12.2 Å². The molecule has 33 heavy (non-hydrogen) atoms. The van der Waals surface area contributed by atoms with Crippen LogP contribution in [0.5, 0.6) is 0 Å². The molecule has 0 radical (unpaired) electrons. The van der Waals surface area contributed by atoms with Crippen molar-refractivity contribution >= 4 is 11.7 Å². The molecule has 0 unspecified atom stereocenters. The van der Waals surface area contributed by atoms with Crippen molar-refractivity contribution in [1.29, 1.82) is 0 Å². The van der Waals surface area contributed by atoms with Gasteiger partial charge in [-0.25, -0.2) is 4.79 Å². The summed E-state index contributed by atoms with van der Waals surface area (Å²) in [5, 5.41) is 21.9. The van der Waals surface area contributed by atoms with Crippen LogP contribution in [-0.4, -0.2) is 42.0 Å². The van der Waals surface area contributed by atoms with Crippen LogP contribution in [0.25, 0.3) is 0 Å². The summed E-state index contributed by atoms with van der Waals surface area (Å²) < 4.78 is 5.71. The van der Waals surface area contributed by atoms with E-state index in [1.807, 2.05) is 0 Å². The lowest BCUT2D eigenvalue weighted by atomic mass is 10.0. The number of unbranched alkanes of at least 4 members (excludes halogenated alkanes) is 15. The number of carbonyl (C=O) groups is 1. The van der Waals surface area contributed by atoms with Crippen LogP contribution < -0.4 is 5.32 Å². The third-order valence-electron chi connectivity index (χ3n) is 6.20. The molecule has 1 rings (SSSR count). The molecule has 1 aromatic carbocycles. The Bertz CT molecular complexity index is 593. The predicted molar refractivity (Wildman–Crippen MR) is 138 cm³/mol. The summed E-state index contributed by atoms with van der Waals surface area (Å²) in [5.41, 5.74) is 0.712. The van der Waals surface area contributed by atoms with Crippen molar-refractivity contribution in [2.75, 3.05) is 25.1 Å². The molecule has 1 aromatic rings. The van der Waals surface area contributed by atoms with Gasteiger partial charge in [0.15, 0.2) is 0 Å². The molecule has 0 aliphatic heterocycles. The van der Waals surface area contributed by atoms with Gasteiger partial charge >= 0.3 is 5.97 Å². The molecule has 0 fully saturated rings. The minimum Gasteiger partial charge on any atom is -0.478 e. The second kappa shape index (κ2) is 21.0. The van der Waals surface area contributed by atoms with E-state index in [4.69, 9.17) is 4.74 Å². The maximum Gasteiger partial charge on any atom is 0.337 e. The maximum absolute atomic E-state index is 11.3. The summed E-state index contributed by atoms with van der Waals surface area (Å²) in [6.45, 7) is 3.21. The molecule has 0 heterocycles. The first kappa shape index (κ1) is 29.4. The number of carboxylic acid groups (broad SMARTS) is 1. The number of rotatable bonds is 23. The van der Waals surface area contributed by atoms with E-state index in [1.54, 1.807) is 24.3 Å². The van der Waals surface area contributed by atoms with Crippen molar-refractivity contribution < 1.29 is 19.7 Å². The SMILES string of the molecule is CCCCCCCCCCCCCCCCCCOC[C@H](CO)Nc1ccccc1C(=O)O. The lowest BCUT2D eigenvalue weighted by Crippen LogP contribution is -2.30. The number of carboxylic acids is 1. The van der Waals surface area contributed by atoms with Gasteiger partial charge in [0.1, 0.15) is 0 Å². The second-order valence-electron chi connectivity index (χ2n) is 9.25. The molecule has 0 saturated carbocycles. The molecule has 0 bridgehead atoms. The molecule has 0 aliphatic rings. The Morgan fingerprint density at radius 3 is 1.79 bits per heavy atom. The van der Waals surface area contributed by atoms with E-state index < -0.39 is 5.97 Å². The summed E-state index contributed by atoms with van der Waals surface area (Å²) in [6, 6.07) is 6.42. The van der Waals surface area contributed by atoms with E-state index in [-0.39, 0.29) is 18.2 Å². The van der Waals surface area contributed by atoms with Crippen LogP contribution in [-0.2, 0) is 4.74 Å². The number of para-hydroxylation sites is 1. The molecule has 0 aromatic heterocycles. The Hall–Kier alpha value is -1.59. The fourth-order valence-electron chi connectivity index (χ4n) is 4.13. The molecule has 5 nitrogen and oxygen atoms in total. The minimum absolute atomic E-state index is 0.104. The highest BCUT2D eigenvalue weighted by Gasteiger charge is 2.13. The third kappa shape index (κ3) is 15.8. The molecule has 3 N–H and O–H groups in total. The number of anilines is 1. The van der Waals surface area contributed by atoms with Gasteiger partial charge in [-0.3, -0.25) is 0 Å². The third-order valence-corrected chi connectivity index (χ3v) is 6.20. The molecule has 1 atom stereocenters. The van der Waals surface area contributed by atoms with Crippen LogP contribution in [0.15, 0.2) is 24.3 Å². The molecule has 0 aliphatic carbocycles. The number of aliphatic hydroxyl groups excluding tert-OH is 1. The molecule has 0 amide bonds. The predicted octanol–water partition coefficient (Wildman–Crippen LogP) is 7.44. The van der Waals surface area contributed by atoms with Crippen molar-refractivity contribution in [2.24, 2.45) is 0 Å². The number of benzene rings is 1. The summed E-state index contributed by atoms with van der Waals surface area (Å²) >= 11 is 0. The summed E-state index contributed by atoms with van der Waals surface area (Å²) in [4.78, 5) is 11.3. The summed E-state index contributed by atoms with van der Waals surface area (Å²) in [5.74, 6) is -0.983. The summed E-state index contributed by atoms with van der Waals surface area (Å²) in [7, 11) is 0. The maximum atomic E-state index is 11.3. The zero-order chi connectivity index (χ0) is 24.0. The highest BCUT2D eigenvalue weighted by atomic mass is 16.5. The number of ether oxygens (including phenoxy) is 1. The second-order valence-corrected chi connectivity index (χ2v) is 9.25. The van der Waals surface area contributed by atoms with Gasteiger partial charge in [-0.05, 0) is 18.6 Å². The molecule has 5 heteroatoms. The van der Waals surface area contributed by atoms with Crippen molar-refractivity contribution in [1.82, 2.24) is 0 Å². The van der Waals surface area contributed by atoms with Crippen LogP contribution >= 0.6 is 0 Å². The average Bonchev–Trinajstić information content (AvgIpc) is 2.82. The van der Waals surface area contributed by atoms with Gasteiger partial charge in [-0.2, -0.15) is 0 Å². The minimum atomic E-state index is -0.983. The molecule has 0 spiro atoms. The lowest BCUT2D eigenvalue weighted by Gasteiger charge is -2.19. The van der Waals surface area contributed by atoms with E-state index in [1.165, 1.54) is 96.3 Å². The van der Waals surface area contributed by atoms with E-state index in [0.717, 1.165) is 6.42 Å². The van der Waals surface area contributed by atoms with Gasteiger partial charge in [0.05, 0.1) is 24.8 Å². The fourth-order valence-corrected chi connectivity index (χ4v) is 4.13. The van der Waals surface area contributed by atoms with Crippen LogP contribution in [0.4, 0.5) is 5.69 Å². The van der Waals surface area contributed by atoms with Gasteiger partial charge in [0.25, 0.3) is 0 Å². The number of aromatic carboxylic acids is 1. The standard InChI is InChI=1S/C28H49NO4/c1-2-3-4-5-6-7-8-9-10-11-12-13-14-15-16-19-22-33-24-25(23-30)29-27-21-18-17-20-26(27)28(31)32/h17-18,20-21,25,29-30H,2-16,19,22-24H2,1H3,(H,31,32)/t25-/m0/s1. The first-order chi connectivity index (χ1) is 16.2. The van der Waals surface area contributed by atoms with E-state index in [9.17, 15) is 15.0 Å². The molecular weight excluding hydrogens is 414 g/mol. The molecule has 190 valence electrons. The van der Waals surface area contributed by atoms with Crippen LogP contribution in [0.3, 0.4) is 0 Å². The van der Waals surface area contributed by atoms with Gasteiger partial charge in [0.2, 0.25) is 0 Å². The van der Waals surface area contributed by atoms with Crippen molar-refractivity contribution in [3.8, 4) is 0 Å². The highest BCUT2D eigenvalue weighted by molar-refractivity contribution is 5.94.